The summed E-state index contributed by atoms with van der Waals surface area (Å²) in [6, 6.07) is 1.44. The van der Waals surface area contributed by atoms with Crippen molar-refractivity contribution in [3.63, 3.8) is 0 Å². The molecule has 6 nitrogen and oxygen atoms in total. The van der Waals surface area contributed by atoms with Crippen LogP contribution in [0.2, 0.25) is 5.15 Å². The fourth-order valence-electron chi connectivity index (χ4n) is 1.48. The summed E-state index contributed by atoms with van der Waals surface area (Å²) in [5.74, 6) is -1.06. The molecule has 0 fully saturated rings. The van der Waals surface area contributed by atoms with Crippen LogP contribution < -0.4 is 5.32 Å². The number of ether oxygens (including phenoxy) is 1. The molecular weight excluding hydrogens is 308 g/mol. The minimum atomic E-state index is -1.06. The molecule has 1 heterocycles. The van der Waals surface area contributed by atoms with E-state index in [4.69, 9.17) is 21.4 Å². The van der Waals surface area contributed by atoms with Gasteiger partial charge in [0.25, 0.3) is 0 Å². The minimum absolute atomic E-state index is 0.0657. The van der Waals surface area contributed by atoms with Crippen LogP contribution in [0.25, 0.3) is 6.08 Å². The van der Waals surface area contributed by atoms with Gasteiger partial charge in [0.15, 0.2) is 0 Å². The number of rotatable bonds is 5. The van der Waals surface area contributed by atoms with Gasteiger partial charge < -0.3 is 15.2 Å². The number of carbonyl (C=O) groups is 2. The van der Waals surface area contributed by atoms with Crippen LogP contribution in [0.5, 0.6) is 0 Å². The van der Waals surface area contributed by atoms with E-state index in [1.807, 2.05) is 0 Å². The lowest BCUT2D eigenvalue weighted by Gasteiger charge is -2.19. The molecule has 0 aromatic carbocycles. The molecule has 0 aliphatic heterocycles. The van der Waals surface area contributed by atoms with Crippen molar-refractivity contribution in [1.29, 1.82) is 0 Å². The highest BCUT2D eigenvalue weighted by Gasteiger charge is 2.15. The molecule has 0 saturated heterocycles. The predicted molar refractivity (Wildman–Crippen MR) is 84.1 cm³/mol. The lowest BCUT2D eigenvalue weighted by Crippen LogP contribution is -2.32. The van der Waals surface area contributed by atoms with Gasteiger partial charge >= 0.3 is 12.1 Å². The highest BCUT2D eigenvalue weighted by Crippen LogP contribution is 2.16. The molecule has 1 aromatic heterocycles. The van der Waals surface area contributed by atoms with E-state index in [1.54, 1.807) is 32.9 Å². The second-order valence-electron chi connectivity index (χ2n) is 5.53. The number of carboxylic acid groups (broad SMARTS) is 1. The quantitative estimate of drug-likeness (QED) is 0.639. The first kappa shape index (κ1) is 18.0. The zero-order valence-corrected chi connectivity index (χ0v) is 13.5. The highest BCUT2D eigenvalue weighted by atomic mass is 35.5. The number of hydrogen-bond acceptors (Lipinski definition) is 4. The number of hydrogen-bond donors (Lipinski definition) is 2. The average molecular weight is 327 g/mol. The van der Waals surface area contributed by atoms with Crippen LogP contribution in [0.3, 0.4) is 0 Å². The molecule has 1 aromatic rings. The Hall–Kier alpha value is -2.08. The van der Waals surface area contributed by atoms with Gasteiger partial charge in [-0.2, -0.15) is 0 Å². The maximum Gasteiger partial charge on any atom is 0.407 e. The van der Waals surface area contributed by atoms with Crippen molar-refractivity contribution < 1.29 is 19.4 Å². The first-order chi connectivity index (χ1) is 10.2. The molecule has 0 atom stereocenters. The standard InChI is InChI=1S/C15H19ClN2O4/c1-15(2,3)22-14(21)17-7-5-4-6-10-8-11(13(19)20)9-18-12(10)16/h4,6,8-9H,5,7H2,1-3H3,(H,17,21)(H,19,20). The Morgan fingerprint density at radius 3 is 2.73 bits per heavy atom. The monoisotopic (exact) mass is 326 g/mol. The van der Waals surface area contributed by atoms with Gasteiger partial charge in [0, 0.05) is 18.3 Å². The smallest absolute Gasteiger partial charge is 0.407 e. The van der Waals surface area contributed by atoms with Crippen molar-refractivity contribution in [2.24, 2.45) is 0 Å². The third-order valence-electron chi connectivity index (χ3n) is 2.39. The van der Waals surface area contributed by atoms with Crippen molar-refractivity contribution in [3.05, 3.63) is 34.6 Å². The van der Waals surface area contributed by atoms with E-state index < -0.39 is 17.7 Å². The van der Waals surface area contributed by atoms with Crippen LogP contribution in [0.15, 0.2) is 18.3 Å². The van der Waals surface area contributed by atoms with Gasteiger partial charge in [0.1, 0.15) is 10.8 Å². The van der Waals surface area contributed by atoms with Crippen LogP contribution in [-0.4, -0.2) is 34.3 Å². The number of aromatic nitrogens is 1. The van der Waals surface area contributed by atoms with E-state index in [0.29, 0.717) is 18.5 Å². The van der Waals surface area contributed by atoms with Gasteiger partial charge in [-0.05, 0) is 33.3 Å². The molecule has 0 unspecified atom stereocenters. The number of amides is 1. The van der Waals surface area contributed by atoms with Crippen molar-refractivity contribution in [2.75, 3.05) is 6.54 Å². The third kappa shape index (κ3) is 6.58. The van der Waals surface area contributed by atoms with Crippen LogP contribution in [0, 0.1) is 0 Å². The number of halogens is 1. The molecule has 0 bridgehead atoms. The predicted octanol–water partition coefficient (Wildman–Crippen LogP) is 3.36. The first-order valence-electron chi connectivity index (χ1n) is 6.71. The molecule has 1 amide bonds. The molecule has 0 aliphatic carbocycles. The Bertz CT molecular complexity index is 579. The largest absolute Gasteiger partial charge is 0.478 e. The van der Waals surface area contributed by atoms with E-state index in [-0.39, 0.29) is 10.7 Å². The summed E-state index contributed by atoms with van der Waals surface area (Å²) in [6.45, 7) is 5.76. The zero-order chi connectivity index (χ0) is 16.8. The Morgan fingerprint density at radius 1 is 1.45 bits per heavy atom. The van der Waals surface area contributed by atoms with E-state index >= 15 is 0 Å². The van der Waals surface area contributed by atoms with Crippen molar-refractivity contribution in [2.45, 2.75) is 32.8 Å². The van der Waals surface area contributed by atoms with Gasteiger partial charge in [-0.1, -0.05) is 23.8 Å². The minimum Gasteiger partial charge on any atom is -0.478 e. The summed E-state index contributed by atoms with van der Waals surface area (Å²) in [6.07, 6.45) is 4.71. The zero-order valence-electron chi connectivity index (χ0n) is 12.7. The Balaban J connectivity index is 2.48. The SMILES string of the molecule is CC(C)(C)OC(=O)NCCC=Cc1cc(C(=O)O)cnc1Cl. The fraction of sp³-hybridized carbons (Fsp3) is 0.400. The molecule has 0 spiro atoms. The van der Waals surface area contributed by atoms with Crippen molar-refractivity contribution >= 4 is 29.7 Å². The van der Waals surface area contributed by atoms with E-state index in [2.05, 4.69) is 10.3 Å². The second kappa shape index (κ2) is 7.79. The van der Waals surface area contributed by atoms with Crippen molar-refractivity contribution in [3.8, 4) is 0 Å². The number of nitrogens with one attached hydrogen (secondary N) is 1. The first-order valence-corrected chi connectivity index (χ1v) is 7.09. The van der Waals surface area contributed by atoms with Crippen LogP contribution in [-0.2, 0) is 4.74 Å². The van der Waals surface area contributed by atoms with E-state index in [0.717, 1.165) is 0 Å². The summed E-state index contributed by atoms with van der Waals surface area (Å²) in [4.78, 5) is 26.1. The van der Waals surface area contributed by atoms with Crippen LogP contribution in [0.4, 0.5) is 4.79 Å². The number of alkyl carbamates (subject to hydrolysis) is 1. The lowest BCUT2D eigenvalue weighted by atomic mass is 10.2. The third-order valence-corrected chi connectivity index (χ3v) is 2.71. The molecule has 0 aliphatic rings. The summed E-state index contributed by atoms with van der Waals surface area (Å²) >= 11 is 5.89. The molecule has 0 radical (unpaired) electrons. The summed E-state index contributed by atoms with van der Waals surface area (Å²) < 4.78 is 5.09. The maximum atomic E-state index is 11.4. The normalized spacial score (nSPS) is 11.5. The average Bonchev–Trinajstić information content (AvgIpc) is 2.37. The van der Waals surface area contributed by atoms with Gasteiger partial charge in [-0.3, -0.25) is 0 Å². The van der Waals surface area contributed by atoms with Gasteiger partial charge in [-0.15, -0.1) is 0 Å². The molecule has 0 saturated carbocycles. The Labute approximate surface area is 134 Å². The maximum absolute atomic E-state index is 11.4. The highest BCUT2D eigenvalue weighted by molar-refractivity contribution is 6.30. The summed E-state index contributed by atoms with van der Waals surface area (Å²) in [5, 5.41) is 11.7. The van der Waals surface area contributed by atoms with E-state index in [1.165, 1.54) is 12.3 Å². The van der Waals surface area contributed by atoms with E-state index in [9.17, 15) is 9.59 Å². The number of carboxylic acids is 1. The molecule has 2 N–H and O–H groups in total. The van der Waals surface area contributed by atoms with Crippen LogP contribution in [0.1, 0.15) is 43.1 Å². The Kier molecular flexibility index (Phi) is 6.37. The molecular formula is C15H19ClN2O4. The second-order valence-corrected chi connectivity index (χ2v) is 5.89. The molecule has 7 heteroatoms. The lowest BCUT2D eigenvalue weighted by molar-refractivity contribution is 0.0528. The number of pyridine rings is 1. The van der Waals surface area contributed by atoms with Crippen LogP contribution >= 0.6 is 11.6 Å². The Morgan fingerprint density at radius 2 is 2.14 bits per heavy atom. The molecule has 120 valence electrons. The molecule has 1 rings (SSSR count). The van der Waals surface area contributed by atoms with Gasteiger partial charge in [-0.25, -0.2) is 14.6 Å². The number of aromatic carboxylic acids is 1. The summed E-state index contributed by atoms with van der Waals surface area (Å²) in [5.41, 5.74) is 0.0471. The van der Waals surface area contributed by atoms with Crippen molar-refractivity contribution in [1.82, 2.24) is 10.3 Å². The number of nitrogens with zero attached hydrogens (tertiary/aromatic N) is 1. The topological polar surface area (TPSA) is 88.5 Å². The van der Waals surface area contributed by atoms with Gasteiger partial charge in [0.05, 0.1) is 5.56 Å². The summed E-state index contributed by atoms with van der Waals surface area (Å²) in [7, 11) is 0. The fourth-order valence-corrected chi connectivity index (χ4v) is 1.65. The van der Waals surface area contributed by atoms with Gasteiger partial charge in [0.2, 0.25) is 0 Å². The molecule has 22 heavy (non-hydrogen) atoms. The number of carbonyl (C=O) groups excluding carboxylic acids is 1.